The number of rotatable bonds is 7. The number of aromatic nitrogens is 1. The molecular formula is C19H27N5O2. The highest BCUT2D eigenvalue weighted by molar-refractivity contribution is 5.94. The number of ether oxygens (including phenoxy) is 1. The van der Waals surface area contributed by atoms with Gasteiger partial charge in [0, 0.05) is 51.7 Å². The third kappa shape index (κ3) is 5.27. The quantitative estimate of drug-likeness (QED) is 0.447. The fourth-order valence-corrected chi connectivity index (χ4v) is 2.56. The van der Waals surface area contributed by atoms with Gasteiger partial charge in [-0.2, -0.15) is 0 Å². The minimum absolute atomic E-state index is 0.110. The molecule has 2 aromatic rings. The van der Waals surface area contributed by atoms with E-state index in [0.29, 0.717) is 18.7 Å². The molecule has 0 fully saturated rings. The van der Waals surface area contributed by atoms with Crippen molar-refractivity contribution in [2.45, 2.75) is 6.54 Å². The van der Waals surface area contributed by atoms with Crippen LogP contribution in [0.1, 0.15) is 16.1 Å². The number of guanidine groups is 1. The zero-order valence-electron chi connectivity index (χ0n) is 15.8. The van der Waals surface area contributed by atoms with Crippen molar-refractivity contribution >= 4 is 11.9 Å². The van der Waals surface area contributed by atoms with Crippen LogP contribution in [0.5, 0.6) is 5.75 Å². The van der Waals surface area contributed by atoms with Gasteiger partial charge in [-0.15, -0.1) is 0 Å². The molecule has 0 unspecified atom stereocenters. The van der Waals surface area contributed by atoms with Crippen molar-refractivity contribution in [3.05, 3.63) is 53.9 Å². The van der Waals surface area contributed by atoms with Crippen LogP contribution in [0.15, 0.2) is 47.6 Å². The van der Waals surface area contributed by atoms with E-state index in [2.05, 4.69) is 26.3 Å². The molecule has 2 N–H and O–H groups in total. The largest absolute Gasteiger partial charge is 0.497 e. The highest BCUT2D eigenvalue weighted by atomic mass is 16.5. The second-order valence-corrected chi connectivity index (χ2v) is 5.92. The van der Waals surface area contributed by atoms with Crippen LogP contribution >= 0.6 is 0 Å². The maximum Gasteiger partial charge on any atom is 0.251 e. The number of nitrogens with one attached hydrogen (secondary N) is 2. The lowest BCUT2D eigenvalue weighted by Crippen LogP contribution is -2.42. The number of aliphatic imine (C=N–C) groups is 1. The van der Waals surface area contributed by atoms with Gasteiger partial charge in [-0.3, -0.25) is 9.79 Å². The highest BCUT2D eigenvalue weighted by Crippen LogP contribution is 2.10. The Bertz CT molecular complexity index is 737. The average molecular weight is 357 g/mol. The predicted octanol–water partition coefficient (Wildman–Crippen LogP) is 1.47. The molecule has 0 saturated carbocycles. The van der Waals surface area contributed by atoms with Crippen LogP contribution < -0.4 is 15.4 Å². The van der Waals surface area contributed by atoms with Gasteiger partial charge in [0.2, 0.25) is 0 Å². The Balaban J connectivity index is 1.76. The molecule has 0 aliphatic carbocycles. The number of aryl methyl sites for hydroxylation is 1. The van der Waals surface area contributed by atoms with Gasteiger partial charge in [-0.1, -0.05) is 0 Å². The number of carbonyl (C=O) groups excluding carboxylic acids is 1. The standard InChI is InChI=1S/C19H27N5O2/c1-20-19(24(3)14-16-6-5-13-23(16)2)22-12-11-21-18(25)15-7-9-17(26-4)10-8-15/h5-10,13H,11-12,14H2,1-4H3,(H,20,22)(H,21,25). The van der Waals surface area contributed by atoms with Crippen LogP contribution in [-0.2, 0) is 13.6 Å². The summed E-state index contributed by atoms with van der Waals surface area (Å²) >= 11 is 0. The smallest absolute Gasteiger partial charge is 0.251 e. The summed E-state index contributed by atoms with van der Waals surface area (Å²) < 4.78 is 7.17. The lowest BCUT2D eigenvalue weighted by atomic mass is 10.2. The Morgan fingerprint density at radius 3 is 2.46 bits per heavy atom. The summed E-state index contributed by atoms with van der Waals surface area (Å²) in [6.45, 7) is 1.84. The Morgan fingerprint density at radius 1 is 1.19 bits per heavy atom. The average Bonchev–Trinajstić information content (AvgIpc) is 3.06. The van der Waals surface area contributed by atoms with E-state index >= 15 is 0 Å². The van der Waals surface area contributed by atoms with E-state index in [9.17, 15) is 4.79 Å². The molecule has 1 aromatic carbocycles. The van der Waals surface area contributed by atoms with Crippen LogP contribution in [0.4, 0.5) is 0 Å². The van der Waals surface area contributed by atoms with E-state index in [1.54, 1.807) is 38.4 Å². The van der Waals surface area contributed by atoms with Gasteiger partial charge < -0.3 is 24.8 Å². The molecular weight excluding hydrogens is 330 g/mol. The number of methoxy groups -OCH3 is 1. The van der Waals surface area contributed by atoms with Gasteiger partial charge in [-0.25, -0.2) is 0 Å². The van der Waals surface area contributed by atoms with Gasteiger partial charge in [-0.05, 0) is 36.4 Å². The minimum Gasteiger partial charge on any atom is -0.497 e. The monoisotopic (exact) mass is 357 g/mol. The van der Waals surface area contributed by atoms with E-state index in [1.807, 2.05) is 31.3 Å². The molecule has 1 aromatic heterocycles. The molecule has 1 amide bonds. The third-order valence-electron chi connectivity index (χ3n) is 4.07. The summed E-state index contributed by atoms with van der Waals surface area (Å²) in [7, 11) is 7.36. The van der Waals surface area contributed by atoms with Crippen molar-refractivity contribution in [1.82, 2.24) is 20.1 Å². The fraction of sp³-hybridized carbons (Fsp3) is 0.368. The van der Waals surface area contributed by atoms with Crippen LogP contribution in [0.3, 0.4) is 0 Å². The molecule has 26 heavy (non-hydrogen) atoms. The first-order valence-electron chi connectivity index (χ1n) is 8.49. The van der Waals surface area contributed by atoms with E-state index in [1.165, 1.54) is 5.69 Å². The van der Waals surface area contributed by atoms with Crippen molar-refractivity contribution in [1.29, 1.82) is 0 Å². The molecule has 7 heteroatoms. The normalized spacial score (nSPS) is 11.2. The van der Waals surface area contributed by atoms with Gasteiger partial charge in [0.25, 0.3) is 5.91 Å². The fourth-order valence-electron chi connectivity index (χ4n) is 2.56. The SMILES string of the molecule is CN=C(NCCNC(=O)c1ccc(OC)cc1)N(C)Cc1cccn1C. The maximum atomic E-state index is 12.1. The molecule has 2 rings (SSSR count). The second-order valence-electron chi connectivity index (χ2n) is 5.92. The molecule has 0 atom stereocenters. The molecule has 0 saturated heterocycles. The van der Waals surface area contributed by atoms with Gasteiger partial charge in [0.15, 0.2) is 5.96 Å². The lowest BCUT2D eigenvalue weighted by molar-refractivity contribution is 0.0954. The number of benzene rings is 1. The first kappa shape index (κ1) is 19.4. The Hall–Kier alpha value is -2.96. The molecule has 7 nitrogen and oxygen atoms in total. The third-order valence-corrected chi connectivity index (χ3v) is 4.07. The Morgan fingerprint density at radius 2 is 1.88 bits per heavy atom. The summed E-state index contributed by atoms with van der Waals surface area (Å²) in [5.74, 6) is 1.40. The molecule has 0 aliphatic rings. The van der Waals surface area contributed by atoms with Gasteiger partial charge in [0.05, 0.1) is 13.7 Å². The predicted molar refractivity (Wildman–Crippen MR) is 104 cm³/mol. The number of amides is 1. The van der Waals surface area contributed by atoms with Crippen molar-refractivity contribution < 1.29 is 9.53 Å². The molecule has 0 bridgehead atoms. The summed E-state index contributed by atoms with van der Waals surface area (Å²) in [4.78, 5) is 18.4. The van der Waals surface area contributed by atoms with E-state index in [4.69, 9.17) is 4.74 Å². The lowest BCUT2D eigenvalue weighted by Gasteiger charge is -2.22. The molecule has 0 spiro atoms. The minimum atomic E-state index is -0.110. The first-order valence-corrected chi connectivity index (χ1v) is 8.49. The van der Waals surface area contributed by atoms with Crippen molar-refractivity contribution in [3.63, 3.8) is 0 Å². The number of hydrogen-bond acceptors (Lipinski definition) is 3. The summed E-state index contributed by atoms with van der Waals surface area (Å²) in [6.07, 6.45) is 2.02. The molecule has 0 radical (unpaired) electrons. The summed E-state index contributed by atoms with van der Waals surface area (Å²) in [5.41, 5.74) is 1.80. The topological polar surface area (TPSA) is 70.9 Å². The van der Waals surface area contributed by atoms with E-state index in [-0.39, 0.29) is 5.91 Å². The van der Waals surface area contributed by atoms with Crippen LogP contribution in [0.2, 0.25) is 0 Å². The second kappa shape index (κ2) is 9.50. The van der Waals surface area contributed by atoms with Gasteiger partial charge in [0.1, 0.15) is 5.75 Å². The molecule has 1 heterocycles. The highest BCUT2D eigenvalue weighted by Gasteiger charge is 2.09. The first-order chi connectivity index (χ1) is 12.5. The zero-order chi connectivity index (χ0) is 18.9. The zero-order valence-corrected chi connectivity index (χ0v) is 15.8. The molecule has 140 valence electrons. The van der Waals surface area contributed by atoms with Crippen LogP contribution in [-0.4, -0.2) is 55.6 Å². The van der Waals surface area contributed by atoms with Crippen LogP contribution in [0.25, 0.3) is 0 Å². The molecule has 0 aliphatic heterocycles. The number of carbonyl (C=O) groups is 1. The van der Waals surface area contributed by atoms with Crippen molar-refractivity contribution in [3.8, 4) is 5.75 Å². The summed E-state index contributed by atoms with van der Waals surface area (Å²) in [6, 6.07) is 11.1. The van der Waals surface area contributed by atoms with E-state index in [0.717, 1.165) is 18.3 Å². The number of hydrogen-bond donors (Lipinski definition) is 2. The van der Waals surface area contributed by atoms with Crippen LogP contribution in [0, 0.1) is 0 Å². The van der Waals surface area contributed by atoms with E-state index < -0.39 is 0 Å². The summed E-state index contributed by atoms with van der Waals surface area (Å²) in [5, 5.41) is 6.15. The van der Waals surface area contributed by atoms with Gasteiger partial charge >= 0.3 is 0 Å². The van der Waals surface area contributed by atoms with Crippen molar-refractivity contribution in [2.24, 2.45) is 12.0 Å². The Kier molecular flexibility index (Phi) is 7.08. The Labute approximate surface area is 154 Å². The maximum absolute atomic E-state index is 12.1. The van der Waals surface area contributed by atoms with Crippen molar-refractivity contribution in [2.75, 3.05) is 34.3 Å². The number of nitrogens with zero attached hydrogens (tertiary/aromatic N) is 3.